The fourth-order valence-corrected chi connectivity index (χ4v) is 3.16. The Bertz CT molecular complexity index is 836. The van der Waals surface area contributed by atoms with Gasteiger partial charge in [0.2, 0.25) is 23.6 Å². The zero-order valence-electron chi connectivity index (χ0n) is 20.6. The second-order valence-electron chi connectivity index (χ2n) is 8.36. The highest BCUT2D eigenvalue weighted by atomic mass is 35.5. The molecule has 0 bridgehead atoms. The Morgan fingerprint density at radius 3 is 1.78 bits per heavy atom. The molecule has 0 saturated carbocycles. The van der Waals surface area contributed by atoms with E-state index in [2.05, 4.69) is 21.3 Å². The molecule has 4 amide bonds. The summed E-state index contributed by atoms with van der Waals surface area (Å²) < 4.78 is 4.96. The standard InChI is InChI=1S/C21H33ClN4O11/c1-10(2)18(21(36)24-12(6-16(30)31)8-37-9-22)26-19(34)13(4-5-15(28)29)25-20(35)14(7-17(32)33)23-11(3)27/h10,12-14,18H,4-9H2,1-3H3,(H,23,27)(H,24,36)(H,25,35)(H,26,34)(H,28,29)(H,30,31)(H,32,33)/t12-,13-,14-,18-/m0/s1. The molecule has 15 nitrogen and oxygen atoms in total. The Labute approximate surface area is 217 Å². The molecule has 0 aromatic carbocycles. The van der Waals surface area contributed by atoms with Crippen molar-refractivity contribution < 1.29 is 53.6 Å². The number of aliphatic carboxylic acids is 3. The van der Waals surface area contributed by atoms with Crippen molar-refractivity contribution in [2.24, 2.45) is 5.92 Å². The van der Waals surface area contributed by atoms with E-state index >= 15 is 0 Å². The van der Waals surface area contributed by atoms with Crippen molar-refractivity contribution in [2.75, 3.05) is 12.7 Å². The SMILES string of the molecule is CC(=O)N[C@@H](CC(=O)O)C(=O)N[C@@H](CCC(=O)O)C(=O)N[C@H](C(=O)N[C@H](COCCl)CC(=O)O)C(C)C. The largest absolute Gasteiger partial charge is 0.481 e. The summed E-state index contributed by atoms with van der Waals surface area (Å²) in [5.41, 5.74) is 0. The van der Waals surface area contributed by atoms with Gasteiger partial charge < -0.3 is 41.3 Å². The number of nitrogens with one attached hydrogen (secondary N) is 4. The fourth-order valence-electron chi connectivity index (χ4n) is 3.07. The number of rotatable bonds is 18. The minimum Gasteiger partial charge on any atom is -0.481 e. The highest BCUT2D eigenvalue weighted by molar-refractivity contribution is 6.17. The molecule has 0 radical (unpaired) electrons. The summed E-state index contributed by atoms with van der Waals surface area (Å²) in [5.74, 6) is -7.92. The van der Waals surface area contributed by atoms with Crippen LogP contribution in [0.3, 0.4) is 0 Å². The Hall–Kier alpha value is -3.46. The van der Waals surface area contributed by atoms with Crippen molar-refractivity contribution in [2.45, 2.75) is 70.6 Å². The Kier molecular flexibility index (Phi) is 15.5. The number of carboxylic acids is 3. The molecule has 0 fully saturated rings. The van der Waals surface area contributed by atoms with Gasteiger partial charge in [0.05, 0.1) is 25.5 Å². The first-order valence-electron chi connectivity index (χ1n) is 11.1. The number of carbonyl (C=O) groups excluding carboxylic acids is 4. The summed E-state index contributed by atoms with van der Waals surface area (Å²) in [6.07, 6.45) is -2.26. The van der Waals surface area contributed by atoms with Crippen LogP contribution in [0.2, 0.25) is 0 Å². The highest BCUT2D eigenvalue weighted by Crippen LogP contribution is 2.07. The minimum absolute atomic E-state index is 0.217. The van der Waals surface area contributed by atoms with E-state index in [4.69, 9.17) is 31.7 Å². The second kappa shape index (κ2) is 17.1. The number of halogens is 1. The van der Waals surface area contributed by atoms with E-state index in [0.29, 0.717) is 0 Å². The van der Waals surface area contributed by atoms with Crippen molar-refractivity contribution in [3.05, 3.63) is 0 Å². The first-order chi connectivity index (χ1) is 17.2. The van der Waals surface area contributed by atoms with Crippen LogP contribution in [0.5, 0.6) is 0 Å². The molecule has 16 heteroatoms. The first kappa shape index (κ1) is 33.5. The summed E-state index contributed by atoms with van der Waals surface area (Å²) in [6, 6.07) is -5.49. The summed E-state index contributed by atoms with van der Waals surface area (Å²) in [4.78, 5) is 83.0. The zero-order chi connectivity index (χ0) is 28.7. The van der Waals surface area contributed by atoms with Crippen LogP contribution in [-0.2, 0) is 38.3 Å². The van der Waals surface area contributed by atoms with E-state index in [9.17, 15) is 33.6 Å². The maximum absolute atomic E-state index is 13.0. The van der Waals surface area contributed by atoms with E-state index in [-0.39, 0.29) is 12.7 Å². The molecule has 4 atom stereocenters. The Morgan fingerprint density at radius 2 is 1.32 bits per heavy atom. The van der Waals surface area contributed by atoms with E-state index in [1.54, 1.807) is 13.8 Å². The molecule has 0 aromatic heterocycles. The van der Waals surface area contributed by atoms with E-state index < -0.39 is 97.3 Å². The molecule has 0 saturated heterocycles. The molecule has 0 rings (SSSR count). The number of carbonyl (C=O) groups is 7. The van der Waals surface area contributed by atoms with E-state index in [1.165, 1.54) is 0 Å². The van der Waals surface area contributed by atoms with Crippen molar-refractivity contribution in [3.8, 4) is 0 Å². The van der Waals surface area contributed by atoms with Crippen LogP contribution in [0.4, 0.5) is 0 Å². The van der Waals surface area contributed by atoms with Gasteiger partial charge in [-0.2, -0.15) is 0 Å². The van der Waals surface area contributed by atoms with Crippen molar-refractivity contribution >= 4 is 53.1 Å². The molecule has 0 spiro atoms. The number of carboxylic acid groups (broad SMARTS) is 3. The molecular weight excluding hydrogens is 520 g/mol. The normalized spacial score (nSPS) is 14.0. The molecule has 7 N–H and O–H groups in total. The van der Waals surface area contributed by atoms with E-state index in [0.717, 1.165) is 6.92 Å². The minimum atomic E-state index is -1.54. The molecule has 0 aromatic rings. The molecule has 0 heterocycles. The average molecular weight is 553 g/mol. The second-order valence-corrected chi connectivity index (χ2v) is 8.58. The smallest absolute Gasteiger partial charge is 0.305 e. The lowest BCUT2D eigenvalue weighted by molar-refractivity contribution is -0.141. The van der Waals surface area contributed by atoms with Crippen LogP contribution in [0, 0.1) is 5.92 Å². The van der Waals surface area contributed by atoms with Crippen molar-refractivity contribution in [1.82, 2.24) is 21.3 Å². The third-order valence-electron chi connectivity index (χ3n) is 4.76. The lowest BCUT2D eigenvalue weighted by atomic mass is 10.0. The summed E-state index contributed by atoms with van der Waals surface area (Å²) in [6.45, 7) is 4.00. The van der Waals surface area contributed by atoms with Crippen molar-refractivity contribution in [1.29, 1.82) is 0 Å². The maximum atomic E-state index is 13.0. The van der Waals surface area contributed by atoms with Gasteiger partial charge in [0.1, 0.15) is 24.2 Å². The van der Waals surface area contributed by atoms with E-state index in [1.807, 2.05) is 0 Å². The topological polar surface area (TPSA) is 238 Å². The quantitative estimate of drug-likeness (QED) is 0.0978. The van der Waals surface area contributed by atoms with Crippen LogP contribution in [0.15, 0.2) is 0 Å². The van der Waals surface area contributed by atoms with Gasteiger partial charge in [-0.05, 0) is 12.3 Å². The van der Waals surface area contributed by atoms with Gasteiger partial charge in [-0.3, -0.25) is 33.6 Å². The third kappa shape index (κ3) is 14.6. The molecule has 37 heavy (non-hydrogen) atoms. The predicted molar refractivity (Wildman–Crippen MR) is 126 cm³/mol. The zero-order valence-corrected chi connectivity index (χ0v) is 21.4. The van der Waals surface area contributed by atoms with Crippen LogP contribution < -0.4 is 21.3 Å². The number of hydrogen-bond acceptors (Lipinski definition) is 8. The van der Waals surface area contributed by atoms with Gasteiger partial charge in [-0.1, -0.05) is 25.4 Å². The third-order valence-corrected chi connectivity index (χ3v) is 4.92. The number of amides is 4. The predicted octanol–water partition coefficient (Wildman–Crippen LogP) is -1.37. The number of ether oxygens (including phenoxy) is 1. The van der Waals surface area contributed by atoms with Crippen LogP contribution in [0.25, 0.3) is 0 Å². The molecule has 0 aliphatic carbocycles. The monoisotopic (exact) mass is 552 g/mol. The van der Waals surface area contributed by atoms with Crippen molar-refractivity contribution in [3.63, 3.8) is 0 Å². The number of hydrogen-bond donors (Lipinski definition) is 7. The summed E-state index contributed by atoms with van der Waals surface area (Å²) >= 11 is 5.44. The van der Waals surface area contributed by atoms with Gasteiger partial charge in [0.15, 0.2) is 0 Å². The highest BCUT2D eigenvalue weighted by Gasteiger charge is 2.32. The van der Waals surface area contributed by atoms with Gasteiger partial charge in [-0.25, -0.2) is 0 Å². The summed E-state index contributed by atoms with van der Waals surface area (Å²) in [7, 11) is 0. The molecular formula is C21H33ClN4O11. The summed E-state index contributed by atoms with van der Waals surface area (Å²) in [5, 5.41) is 36.3. The number of alkyl halides is 1. The molecule has 0 unspecified atom stereocenters. The molecule has 0 aliphatic heterocycles. The molecule has 0 aliphatic rings. The lowest BCUT2D eigenvalue weighted by Gasteiger charge is -2.27. The molecule has 210 valence electrons. The van der Waals surface area contributed by atoms with Gasteiger partial charge in [-0.15, -0.1) is 0 Å². The van der Waals surface area contributed by atoms with Gasteiger partial charge in [0, 0.05) is 13.3 Å². The Morgan fingerprint density at radius 1 is 0.757 bits per heavy atom. The lowest BCUT2D eigenvalue weighted by Crippen LogP contribution is -2.59. The Balaban J connectivity index is 5.70. The average Bonchev–Trinajstić information content (AvgIpc) is 2.76. The maximum Gasteiger partial charge on any atom is 0.305 e. The van der Waals surface area contributed by atoms with Crippen LogP contribution in [-0.4, -0.2) is 93.7 Å². The first-order valence-corrected chi connectivity index (χ1v) is 11.7. The van der Waals surface area contributed by atoms with Gasteiger partial charge in [0.25, 0.3) is 0 Å². The van der Waals surface area contributed by atoms with Crippen LogP contribution >= 0.6 is 11.6 Å². The fraction of sp³-hybridized carbons (Fsp3) is 0.667. The van der Waals surface area contributed by atoms with Crippen LogP contribution in [0.1, 0.15) is 46.5 Å². The van der Waals surface area contributed by atoms with Gasteiger partial charge >= 0.3 is 17.9 Å².